The zero-order chi connectivity index (χ0) is 17.4. The fourth-order valence-electron chi connectivity index (χ4n) is 3.98. The molecule has 2 rings (SSSR count). The summed E-state index contributed by atoms with van der Waals surface area (Å²) in [5.74, 6) is 1.69. The second-order valence-corrected chi connectivity index (χ2v) is 8.00. The van der Waals surface area contributed by atoms with Crippen molar-refractivity contribution in [1.82, 2.24) is 15.5 Å². The van der Waals surface area contributed by atoms with E-state index in [2.05, 4.69) is 34.4 Å². The van der Waals surface area contributed by atoms with Gasteiger partial charge in [0.05, 0.1) is 0 Å². The van der Waals surface area contributed by atoms with Crippen LogP contribution in [-0.4, -0.2) is 63.8 Å². The van der Waals surface area contributed by atoms with Crippen molar-refractivity contribution in [3.63, 3.8) is 0 Å². The number of halogens is 1. The van der Waals surface area contributed by atoms with Crippen molar-refractivity contribution in [3.05, 3.63) is 0 Å². The average molecular weight is 466 g/mol. The van der Waals surface area contributed by atoms with Gasteiger partial charge in [-0.05, 0) is 63.8 Å². The quantitative estimate of drug-likeness (QED) is 0.328. The SMILES string of the molecule is CN=C(NCC1CCCN(C(C)C)C1)NCC1(CCOC)CCC1.I. The molecule has 25 heavy (non-hydrogen) atoms. The van der Waals surface area contributed by atoms with E-state index in [4.69, 9.17) is 4.74 Å². The van der Waals surface area contributed by atoms with Crippen LogP contribution in [0.15, 0.2) is 4.99 Å². The number of aliphatic imine (C=N–C) groups is 1. The first kappa shape index (κ1) is 23.0. The van der Waals surface area contributed by atoms with Crippen LogP contribution in [0.1, 0.15) is 52.4 Å². The van der Waals surface area contributed by atoms with Crippen molar-refractivity contribution in [2.45, 2.75) is 58.4 Å². The van der Waals surface area contributed by atoms with Crippen LogP contribution in [0.25, 0.3) is 0 Å². The lowest BCUT2D eigenvalue weighted by molar-refractivity contribution is 0.0732. The minimum atomic E-state index is 0. The van der Waals surface area contributed by atoms with E-state index in [-0.39, 0.29) is 24.0 Å². The Hall–Kier alpha value is -0.0800. The molecule has 5 nitrogen and oxygen atoms in total. The van der Waals surface area contributed by atoms with E-state index in [0.29, 0.717) is 11.5 Å². The van der Waals surface area contributed by atoms with E-state index in [9.17, 15) is 0 Å². The second-order valence-electron chi connectivity index (χ2n) is 8.00. The smallest absolute Gasteiger partial charge is 0.191 e. The highest BCUT2D eigenvalue weighted by Gasteiger charge is 2.36. The van der Waals surface area contributed by atoms with Crippen LogP contribution in [0.5, 0.6) is 0 Å². The van der Waals surface area contributed by atoms with Crippen molar-refractivity contribution in [1.29, 1.82) is 0 Å². The first-order chi connectivity index (χ1) is 11.6. The molecule has 6 heteroatoms. The molecule has 1 saturated heterocycles. The Morgan fingerprint density at radius 3 is 2.60 bits per heavy atom. The summed E-state index contributed by atoms with van der Waals surface area (Å²) in [6.07, 6.45) is 7.77. The standard InChI is InChI=1S/C19H38N4O.HI/c1-16(2)23-11-5-7-17(14-23)13-21-18(20-3)22-15-19(8-6-9-19)10-12-24-4;/h16-17H,5-15H2,1-4H3,(H2,20,21,22);1H. The number of nitrogens with zero attached hydrogens (tertiary/aromatic N) is 2. The van der Waals surface area contributed by atoms with Crippen molar-refractivity contribution in [3.8, 4) is 0 Å². The van der Waals surface area contributed by atoms with Gasteiger partial charge >= 0.3 is 0 Å². The maximum Gasteiger partial charge on any atom is 0.191 e. The normalized spacial score (nSPS) is 23.7. The summed E-state index contributed by atoms with van der Waals surface area (Å²) in [6.45, 7) is 9.96. The molecule has 0 spiro atoms. The maximum atomic E-state index is 5.28. The van der Waals surface area contributed by atoms with Crippen LogP contribution in [0.3, 0.4) is 0 Å². The van der Waals surface area contributed by atoms with Gasteiger partial charge in [0.15, 0.2) is 5.96 Å². The number of hydrogen-bond donors (Lipinski definition) is 2. The number of nitrogens with one attached hydrogen (secondary N) is 2. The van der Waals surface area contributed by atoms with Crippen LogP contribution < -0.4 is 10.6 Å². The predicted octanol–water partition coefficient (Wildman–Crippen LogP) is 3.10. The fraction of sp³-hybridized carbons (Fsp3) is 0.947. The summed E-state index contributed by atoms with van der Waals surface area (Å²) >= 11 is 0. The highest BCUT2D eigenvalue weighted by molar-refractivity contribution is 14.0. The molecule has 0 amide bonds. The van der Waals surface area contributed by atoms with Gasteiger partial charge in [0.25, 0.3) is 0 Å². The molecule has 148 valence electrons. The number of guanidine groups is 1. The summed E-state index contributed by atoms with van der Waals surface area (Å²) in [4.78, 5) is 7.02. The van der Waals surface area contributed by atoms with E-state index >= 15 is 0 Å². The lowest BCUT2D eigenvalue weighted by Gasteiger charge is -2.42. The van der Waals surface area contributed by atoms with E-state index in [0.717, 1.165) is 38.0 Å². The third kappa shape index (κ3) is 7.21. The Bertz CT molecular complexity index is 399. The lowest BCUT2D eigenvalue weighted by Crippen LogP contribution is -2.49. The van der Waals surface area contributed by atoms with Crippen molar-refractivity contribution in [2.24, 2.45) is 16.3 Å². The molecule has 1 atom stereocenters. The molecule has 0 aromatic carbocycles. The van der Waals surface area contributed by atoms with Gasteiger partial charge in [-0.2, -0.15) is 0 Å². The molecule has 2 aliphatic rings. The largest absolute Gasteiger partial charge is 0.385 e. The zero-order valence-corrected chi connectivity index (χ0v) is 19.0. The zero-order valence-electron chi connectivity index (χ0n) is 16.6. The van der Waals surface area contributed by atoms with Crippen LogP contribution in [0.4, 0.5) is 0 Å². The molecule has 0 aromatic heterocycles. The van der Waals surface area contributed by atoms with Crippen LogP contribution in [0.2, 0.25) is 0 Å². The van der Waals surface area contributed by atoms with Crippen molar-refractivity contribution >= 4 is 29.9 Å². The molecule has 0 radical (unpaired) electrons. The first-order valence-corrected chi connectivity index (χ1v) is 9.76. The number of piperidine rings is 1. The molecular formula is C19H39IN4O. The van der Waals surface area contributed by atoms with Gasteiger partial charge in [-0.3, -0.25) is 4.99 Å². The third-order valence-electron chi connectivity index (χ3n) is 5.94. The fourth-order valence-corrected chi connectivity index (χ4v) is 3.98. The molecule has 0 aromatic rings. The maximum absolute atomic E-state index is 5.28. The summed E-state index contributed by atoms with van der Waals surface area (Å²) in [5, 5.41) is 7.12. The molecule has 1 aliphatic heterocycles. The van der Waals surface area contributed by atoms with Gasteiger partial charge in [0, 0.05) is 46.4 Å². The number of likely N-dealkylation sites (tertiary alicyclic amines) is 1. The Balaban J connectivity index is 0.00000312. The molecule has 1 unspecified atom stereocenters. The number of hydrogen-bond acceptors (Lipinski definition) is 3. The van der Waals surface area contributed by atoms with E-state index in [1.54, 1.807) is 7.11 Å². The summed E-state index contributed by atoms with van der Waals surface area (Å²) in [7, 11) is 3.67. The average Bonchev–Trinajstić information content (AvgIpc) is 2.56. The summed E-state index contributed by atoms with van der Waals surface area (Å²) in [6, 6.07) is 0.657. The van der Waals surface area contributed by atoms with Gasteiger partial charge in [-0.25, -0.2) is 0 Å². The number of methoxy groups -OCH3 is 1. The molecule has 1 saturated carbocycles. The predicted molar refractivity (Wildman–Crippen MR) is 117 cm³/mol. The minimum absolute atomic E-state index is 0. The van der Waals surface area contributed by atoms with Gasteiger partial charge in [-0.1, -0.05) is 6.42 Å². The minimum Gasteiger partial charge on any atom is -0.385 e. The molecule has 1 heterocycles. The molecular weight excluding hydrogens is 427 g/mol. The highest BCUT2D eigenvalue weighted by Crippen LogP contribution is 2.43. The summed E-state index contributed by atoms with van der Waals surface area (Å²) < 4.78 is 5.28. The van der Waals surface area contributed by atoms with Gasteiger partial charge in [0.1, 0.15) is 0 Å². The van der Waals surface area contributed by atoms with Crippen LogP contribution in [-0.2, 0) is 4.74 Å². The molecule has 2 fully saturated rings. The monoisotopic (exact) mass is 466 g/mol. The Morgan fingerprint density at radius 2 is 2.04 bits per heavy atom. The Labute approximate surface area is 171 Å². The number of ether oxygens (including phenoxy) is 1. The van der Waals surface area contributed by atoms with Crippen molar-refractivity contribution < 1.29 is 4.74 Å². The van der Waals surface area contributed by atoms with E-state index in [1.807, 2.05) is 7.05 Å². The number of rotatable bonds is 8. The highest BCUT2D eigenvalue weighted by atomic mass is 127. The van der Waals surface area contributed by atoms with E-state index in [1.165, 1.54) is 45.2 Å². The Kier molecular flexibility index (Phi) is 10.6. The lowest BCUT2D eigenvalue weighted by atomic mass is 9.67. The third-order valence-corrected chi connectivity index (χ3v) is 5.94. The molecule has 2 N–H and O–H groups in total. The van der Waals surface area contributed by atoms with Crippen molar-refractivity contribution in [2.75, 3.05) is 46.9 Å². The first-order valence-electron chi connectivity index (χ1n) is 9.76. The van der Waals surface area contributed by atoms with Gasteiger partial charge in [-0.15, -0.1) is 24.0 Å². The molecule has 1 aliphatic carbocycles. The van der Waals surface area contributed by atoms with Crippen LogP contribution in [0, 0.1) is 11.3 Å². The van der Waals surface area contributed by atoms with E-state index < -0.39 is 0 Å². The van der Waals surface area contributed by atoms with Crippen LogP contribution >= 0.6 is 24.0 Å². The molecule has 0 bridgehead atoms. The second kappa shape index (κ2) is 11.6. The summed E-state index contributed by atoms with van der Waals surface area (Å²) in [5.41, 5.74) is 0.424. The van der Waals surface area contributed by atoms with Gasteiger partial charge < -0.3 is 20.3 Å². The topological polar surface area (TPSA) is 48.9 Å². The Morgan fingerprint density at radius 1 is 1.28 bits per heavy atom. The van der Waals surface area contributed by atoms with Gasteiger partial charge in [0.2, 0.25) is 0 Å².